The Labute approximate surface area is 160 Å². The molecule has 1 aromatic carbocycles. The van der Waals surface area contributed by atoms with Crippen LogP contribution in [-0.4, -0.2) is 17.5 Å². The number of nitrogens with zero attached hydrogens (tertiary/aromatic N) is 1. The van der Waals surface area contributed by atoms with Gasteiger partial charge in [-0.2, -0.15) is 0 Å². The number of ether oxygens (including phenoxy) is 1. The van der Waals surface area contributed by atoms with E-state index in [2.05, 4.69) is 16.9 Å². The van der Waals surface area contributed by atoms with Gasteiger partial charge in [0.05, 0.1) is 27.9 Å². The lowest BCUT2D eigenvalue weighted by Crippen LogP contribution is -2.32. The summed E-state index contributed by atoms with van der Waals surface area (Å²) in [6.07, 6.45) is 2.38. The predicted octanol–water partition coefficient (Wildman–Crippen LogP) is 5.24. The van der Waals surface area contributed by atoms with Gasteiger partial charge in [-0.05, 0) is 24.6 Å². The third-order valence-electron chi connectivity index (χ3n) is 4.42. The zero-order valence-electron chi connectivity index (χ0n) is 14.2. The smallest absolute Gasteiger partial charge is 0.262 e. The van der Waals surface area contributed by atoms with Crippen LogP contribution in [0.25, 0.3) is 15.8 Å². The normalized spacial score (nSPS) is 16.0. The van der Waals surface area contributed by atoms with Crippen molar-refractivity contribution in [1.82, 2.24) is 10.3 Å². The van der Waals surface area contributed by atoms with Crippen molar-refractivity contribution in [2.24, 2.45) is 0 Å². The molecule has 0 bridgehead atoms. The highest BCUT2D eigenvalue weighted by Gasteiger charge is 2.26. The minimum atomic E-state index is -0.135. The first-order valence-corrected chi connectivity index (χ1v) is 9.51. The van der Waals surface area contributed by atoms with Crippen LogP contribution >= 0.6 is 22.9 Å². The van der Waals surface area contributed by atoms with E-state index >= 15 is 0 Å². The molecule has 0 radical (unpaired) electrons. The monoisotopic (exact) mass is 384 g/mol. The maximum absolute atomic E-state index is 13.1. The molecule has 0 aliphatic carbocycles. The Kier molecular flexibility index (Phi) is 4.42. The number of fused-ring (bicyclic) bond motifs is 2. The molecule has 4 nitrogen and oxygen atoms in total. The van der Waals surface area contributed by atoms with Gasteiger partial charge >= 0.3 is 0 Å². The molecule has 4 rings (SSSR count). The van der Waals surface area contributed by atoms with Crippen molar-refractivity contribution in [3.63, 3.8) is 0 Å². The Bertz CT molecular complexity index is 1030. The number of para-hydroxylation sites is 1. The fourth-order valence-corrected chi connectivity index (χ4v) is 4.64. The number of thiophene rings is 1. The van der Waals surface area contributed by atoms with Crippen molar-refractivity contribution in [1.29, 1.82) is 0 Å². The number of rotatable bonds is 3. The number of nitrogens with one attached hydrogen (secondary N) is 1. The number of benzene rings is 1. The average Bonchev–Trinajstić information content (AvgIpc) is 3.03. The lowest BCUT2D eigenvalue weighted by atomic mass is 10.00. The summed E-state index contributed by atoms with van der Waals surface area (Å²) in [6, 6.07) is 9.45. The standard InChI is InChI=1S/C20H17ClN2O2S/c1-11(2)16-17-18(13(21)7-9-22-17)26-19(16)20(24)23-14-8-10-25-15-6-4-3-5-12(14)15/h3-7,9,14H,1,8,10H2,2H3,(H,23,24)/t14-/m0/s1. The highest BCUT2D eigenvalue weighted by molar-refractivity contribution is 7.21. The maximum atomic E-state index is 13.1. The van der Waals surface area contributed by atoms with Gasteiger partial charge in [0.2, 0.25) is 0 Å². The van der Waals surface area contributed by atoms with Gasteiger partial charge < -0.3 is 10.1 Å². The molecule has 3 heterocycles. The van der Waals surface area contributed by atoms with E-state index in [0.29, 0.717) is 16.5 Å². The van der Waals surface area contributed by atoms with Gasteiger partial charge in [0.15, 0.2) is 0 Å². The van der Waals surface area contributed by atoms with Gasteiger partial charge in [-0.15, -0.1) is 11.3 Å². The van der Waals surface area contributed by atoms with Crippen LogP contribution in [0.15, 0.2) is 43.1 Å². The Morgan fingerprint density at radius 1 is 1.38 bits per heavy atom. The summed E-state index contributed by atoms with van der Waals surface area (Å²) in [5, 5.41) is 3.74. The lowest BCUT2D eigenvalue weighted by Gasteiger charge is -2.26. The zero-order chi connectivity index (χ0) is 18.3. The molecule has 2 aromatic heterocycles. The fourth-order valence-electron chi connectivity index (χ4n) is 3.23. The topological polar surface area (TPSA) is 51.2 Å². The van der Waals surface area contributed by atoms with Crippen LogP contribution < -0.4 is 10.1 Å². The maximum Gasteiger partial charge on any atom is 0.262 e. The third-order valence-corrected chi connectivity index (χ3v) is 6.06. The summed E-state index contributed by atoms with van der Waals surface area (Å²) in [5.41, 5.74) is 3.29. The molecule has 1 N–H and O–H groups in total. The van der Waals surface area contributed by atoms with Crippen LogP contribution in [0.5, 0.6) is 5.75 Å². The molecule has 0 spiro atoms. The SMILES string of the molecule is C=C(C)c1c(C(=O)N[C@H]2CCOc3ccccc32)sc2c(Cl)ccnc12. The summed E-state index contributed by atoms with van der Waals surface area (Å²) in [7, 11) is 0. The van der Waals surface area contributed by atoms with Gasteiger partial charge in [0, 0.05) is 23.7 Å². The number of amides is 1. The van der Waals surface area contributed by atoms with E-state index in [1.54, 1.807) is 12.3 Å². The molecule has 1 amide bonds. The summed E-state index contributed by atoms with van der Waals surface area (Å²) < 4.78 is 6.49. The lowest BCUT2D eigenvalue weighted by molar-refractivity contribution is 0.0928. The second-order valence-corrected chi connectivity index (χ2v) is 7.69. The summed E-state index contributed by atoms with van der Waals surface area (Å²) in [5.74, 6) is 0.689. The van der Waals surface area contributed by atoms with Crippen molar-refractivity contribution in [3.05, 3.63) is 64.1 Å². The van der Waals surface area contributed by atoms with Crippen molar-refractivity contribution in [3.8, 4) is 5.75 Å². The minimum absolute atomic E-state index is 0.0842. The number of allylic oxidation sites excluding steroid dienone is 1. The number of hydrogen-bond donors (Lipinski definition) is 1. The first-order valence-electron chi connectivity index (χ1n) is 8.31. The Morgan fingerprint density at radius 3 is 3.00 bits per heavy atom. The fraction of sp³-hybridized carbons (Fsp3) is 0.200. The molecule has 1 aliphatic heterocycles. The van der Waals surface area contributed by atoms with E-state index in [1.807, 2.05) is 31.2 Å². The van der Waals surface area contributed by atoms with Gasteiger partial charge in [-0.25, -0.2) is 0 Å². The van der Waals surface area contributed by atoms with Gasteiger partial charge in [-0.3, -0.25) is 9.78 Å². The van der Waals surface area contributed by atoms with Crippen molar-refractivity contribution in [2.75, 3.05) is 6.61 Å². The number of aromatic nitrogens is 1. The average molecular weight is 385 g/mol. The molecule has 1 atom stereocenters. The molecule has 132 valence electrons. The molecular formula is C20H17ClN2O2S. The highest BCUT2D eigenvalue weighted by Crippen LogP contribution is 2.38. The van der Waals surface area contributed by atoms with Crippen LogP contribution in [-0.2, 0) is 0 Å². The van der Waals surface area contributed by atoms with E-state index in [1.165, 1.54) is 11.3 Å². The Morgan fingerprint density at radius 2 is 2.19 bits per heavy atom. The zero-order valence-corrected chi connectivity index (χ0v) is 15.8. The minimum Gasteiger partial charge on any atom is -0.493 e. The largest absolute Gasteiger partial charge is 0.493 e. The third kappa shape index (κ3) is 2.87. The van der Waals surface area contributed by atoms with Gasteiger partial charge in [0.25, 0.3) is 5.91 Å². The Balaban J connectivity index is 1.73. The van der Waals surface area contributed by atoms with E-state index < -0.39 is 0 Å². The number of carbonyl (C=O) groups is 1. The second kappa shape index (κ2) is 6.74. The van der Waals surface area contributed by atoms with Gasteiger partial charge in [0.1, 0.15) is 10.6 Å². The number of carbonyl (C=O) groups excluding carboxylic acids is 1. The first kappa shape index (κ1) is 17.1. The molecule has 0 saturated heterocycles. The first-order chi connectivity index (χ1) is 12.6. The van der Waals surface area contributed by atoms with Crippen molar-refractivity contribution in [2.45, 2.75) is 19.4 Å². The summed E-state index contributed by atoms with van der Waals surface area (Å²) >= 11 is 7.66. The molecule has 1 aliphatic rings. The molecular weight excluding hydrogens is 368 g/mol. The van der Waals surface area contributed by atoms with Crippen LogP contribution in [0.3, 0.4) is 0 Å². The quantitative estimate of drug-likeness (QED) is 0.672. The molecule has 0 fully saturated rings. The highest BCUT2D eigenvalue weighted by atomic mass is 35.5. The van der Waals surface area contributed by atoms with E-state index in [4.69, 9.17) is 16.3 Å². The summed E-state index contributed by atoms with van der Waals surface area (Å²) in [4.78, 5) is 18.1. The van der Waals surface area contributed by atoms with Crippen LogP contribution in [0.1, 0.15) is 40.2 Å². The number of hydrogen-bond acceptors (Lipinski definition) is 4. The van der Waals surface area contributed by atoms with Crippen LogP contribution in [0.2, 0.25) is 5.02 Å². The molecule has 0 saturated carbocycles. The van der Waals surface area contributed by atoms with Crippen LogP contribution in [0.4, 0.5) is 0 Å². The van der Waals surface area contributed by atoms with Crippen molar-refractivity contribution >= 4 is 44.6 Å². The summed E-state index contributed by atoms with van der Waals surface area (Å²) in [6.45, 7) is 6.48. The van der Waals surface area contributed by atoms with E-state index in [-0.39, 0.29) is 11.9 Å². The van der Waals surface area contributed by atoms with E-state index in [0.717, 1.165) is 39.1 Å². The molecule has 26 heavy (non-hydrogen) atoms. The predicted molar refractivity (Wildman–Crippen MR) is 106 cm³/mol. The van der Waals surface area contributed by atoms with Gasteiger partial charge in [-0.1, -0.05) is 36.4 Å². The number of halogens is 1. The number of pyridine rings is 1. The Hall–Kier alpha value is -2.37. The molecule has 0 unspecified atom stereocenters. The second-order valence-electron chi connectivity index (χ2n) is 6.26. The molecule has 3 aromatic rings. The van der Waals surface area contributed by atoms with Crippen LogP contribution in [0, 0.1) is 0 Å². The van der Waals surface area contributed by atoms with E-state index in [9.17, 15) is 4.79 Å². The molecule has 6 heteroatoms. The van der Waals surface area contributed by atoms with Crippen molar-refractivity contribution < 1.29 is 9.53 Å².